The van der Waals surface area contributed by atoms with Crippen molar-refractivity contribution in [2.24, 2.45) is 5.92 Å². The minimum absolute atomic E-state index is 0.0250. The predicted octanol–water partition coefficient (Wildman–Crippen LogP) is 2.09. The van der Waals surface area contributed by atoms with Gasteiger partial charge in [-0.15, -0.1) is 0 Å². The quantitative estimate of drug-likeness (QED) is 0.387. The Bertz CT molecular complexity index is 1340. The smallest absolute Gasteiger partial charge is 0.287 e. The lowest BCUT2D eigenvalue weighted by molar-refractivity contribution is -0.132. The van der Waals surface area contributed by atoms with Gasteiger partial charge in [0.15, 0.2) is 16.4 Å². The third-order valence-electron chi connectivity index (χ3n) is 6.52. The van der Waals surface area contributed by atoms with Crippen molar-refractivity contribution in [2.75, 3.05) is 6.54 Å². The number of aliphatic hydroxyl groups excluding tert-OH is 1. The van der Waals surface area contributed by atoms with Gasteiger partial charge in [-0.05, 0) is 56.4 Å². The van der Waals surface area contributed by atoms with Crippen LogP contribution in [0, 0.1) is 5.92 Å². The number of rotatable bonds is 8. The predicted molar refractivity (Wildman–Crippen MR) is 139 cm³/mol. The van der Waals surface area contributed by atoms with Gasteiger partial charge in [-0.25, -0.2) is 9.29 Å². The van der Waals surface area contributed by atoms with Gasteiger partial charge in [0.05, 0.1) is 12.1 Å². The lowest BCUT2D eigenvalue weighted by Gasteiger charge is -2.35. The lowest BCUT2D eigenvalue weighted by Crippen LogP contribution is -2.57. The summed E-state index contributed by atoms with van der Waals surface area (Å²) in [6.07, 6.45) is 2.68. The van der Waals surface area contributed by atoms with Gasteiger partial charge < -0.3 is 20.2 Å². The van der Waals surface area contributed by atoms with E-state index in [9.17, 15) is 23.1 Å². The number of nitrogens with one attached hydrogen (secondary N) is 2. The fourth-order valence-corrected chi connectivity index (χ4v) is 6.18. The van der Waals surface area contributed by atoms with E-state index in [-0.39, 0.29) is 42.1 Å². The van der Waals surface area contributed by atoms with E-state index in [4.69, 9.17) is 4.42 Å². The van der Waals surface area contributed by atoms with Gasteiger partial charge >= 0.3 is 0 Å². The van der Waals surface area contributed by atoms with Crippen LogP contribution in [-0.2, 0) is 14.8 Å². The largest absolute Gasteiger partial charge is 0.449 e. The molecule has 11 nitrogen and oxygen atoms in total. The maximum absolute atomic E-state index is 14.1. The number of amides is 2. The number of aliphatic hydroxyl groups is 1. The Labute approximate surface area is 221 Å². The van der Waals surface area contributed by atoms with Crippen molar-refractivity contribution in [1.82, 2.24) is 24.9 Å². The summed E-state index contributed by atoms with van der Waals surface area (Å²) in [6, 6.07) is 6.96. The topological polar surface area (TPSA) is 155 Å². The Morgan fingerprint density at radius 1 is 1.18 bits per heavy atom. The van der Waals surface area contributed by atoms with Gasteiger partial charge in [-0.2, -0.15) is 8.42 Å². The Kier molecular flexibility index (Phi) is 8.44. The SMILES string of the molecule is CC(C)C[C@H](NC(=O)c1cc2ncccc2o1)C(=O)N([C@H]1CC[C@@H](C)NC[C@@H]1O)S(=O)(=O)c1ccccn1. The summed E-state index contributed by atoms with van der Waals surface area (Å²) in [5, 5.41) is 16.5. The summed E-state index contributed by atoms with van der Waals surface area (Å²) in [5.41, 5.74) is 0.888. The Balaban J connectivity index is 1.72. The van der Waals surface area contributed by atoms with Crippen LogP contribution in [-0.4, -0.2) is 70.4 Å². The first-order valence-electron chi connectivity index (χ1n) is 12.6. The highest BCUT2D eigenvalue weighted by Gasteiger charge is 2.44. The van der Waals surface area contributed by atoms with Crippen LogP contribution in [0.3, 0.4) is 0 Å². The zero-order valence-corrected chi connectivity index (χ0v) is 22.4. The first kappa shape index (κ1) is 27.7. The van der Waals surface area contributed by atoms with Crippen molar-refractivity contribution in [3.63, 3.8) is 0 Å². The zero-order chi connectivity index (χ0) is 27.4. The molecule has 1 aliphatic rings. The highest BCUT2D eigenvalue weighted by atomic mass is 32.2. The van der Waals surface area contributed by atoms with E-state index in [1.807, 2.05) is 20.8 Å². The molecule has 3 N–H and O–H groups in total. The summed E-state index contributed by atoms with van der Waals surface area (Å²) >= 11 is 0. The van der Waals surface area contributed by atoms with Crippen LogP contribution in [0.25, 0.3) is 11.1 Å². The molecule has 3 aromatic heterocycles. The molecule has 0 aromatic carbocycles. The summed E-state index contributed by atoms with van der Waals surface area (Å²) in [6.45, 7) is 5.77. The number of sulfonamides is 1. The third-order valence-corrected chi connectivity index (χ3v) is 8.25. The monoisotopic (exact) mass is 543 g/mol. The highest BCUT2D eigenvalue weighted by molar-refractivity contribution is 7.89. The maximum atomic E-state index is 14.1. The van der Waals surface area contributed by atoms with Gasteiger partial charge in [-0.3, -0.25) is 14.6 Å². The van der Waals surface area contributed by atoms with Crippen LogP contribution < -0.4 is 10.6 Å². The van der Waals surface area contributed by atoms with Crippen LogP contribution in [0.2, 0.25) is 0 Å². The molecule has 4 heterocycles. The second-order valence-electron chi connectivity index (χ2n) is 9.98. The van der Waals surface area contributed by atoms with Crippen molar-refractivity contribution in [3.05, 3.63) is 54.6 Å². The molecular weight excluding hydrogens is 510 g/mol. The first-order chi connectivity index (χ1) is 18.1. The average molecular weight is 544 g/mol. The molecule has 3 aromatic rings. The Morgan fingerprint density at radius 2 is 1.95 bits per heavy atom. The summed E-state index contributed by atoms with van der Waals surface area (Å²) in [4.78, 5) is 35.4. The average Bonchev–Trinajstić information content (AvgIpc) is 3.26. The standard InChI is InChI=1S/C26H33N5O6S/c1-16(2)13-19(30-25(33)23-14-18-22(37-23)7-6-12-27-18)26(34)31(20-10-9-17(3)29-15-21(20)32)38(35,36)24-8-4-5-11-28-24/h4-8,11-12,14,16-17,19-21,29,32H,9-10,13,15H2,1-3H3,(H,30,33)/t17-,19+,20+,21+/m1/s1. The van der Waals surface area contributed by atoms with Gasteiger partial charge in [-0.1, -0.05) is 19.9 Å². The summed E-state index contributed by atoms with van der Waals surface area (Å²) in [5.74, 6) is -1.63. The van der Waals surface area contributed by atoms with Crippen molar-refractivity contribution >= 4 is 32.9 Å². The molecular formula is C26H33N5O6S. The number of fused-ring (bicyclic) bond motifs is 1. The zero-order valence-electron chi connectivity index (χ0n) is 21.6. The second-order valence-corrected chi connectivity index (χ2v) is 11.7. The molecule has 1 saturated heterocycles. The molecule has 204 valence electrons. The molecule has 1 fully saturated rings. The second kappa shape index (κ2) is 11.6. The Hall–Kier alpha value is -3.35. The van der Waals surface area contributed by atoms with Gasteiger partial charge in [0.1, 0.15) is 11.6 Å². The molecule has 0 saturated carbocycles. The number of hydrogen-bond donors (Lipinski definition) is 3. The molecule has 4 rings (SSSR count). The van der Waals surface area contributed by atoms with E-state index in [2.05, 4.69) is 20.6 Å². The van der Waals surface area contributed by atoms with Crippen molar-refractivity contribution in [3.8, 4) is 0 Å². The molecule has 1 aliphatic heterocycles. The van der Waals surface area contributed by atoms with Crippen molar-refractivity contribution in [1.29, 1.82) is 0 Å². The number of carbonyl (C=O) groups is 2. The number of hydrogen-bond acceptors (Lipinski definition) is 9. The molecule has 38 heavy (non-hydrogen) atoms. The Morgan fingerprint density at radius 3 is 2.63 bits per heavy atom. The fourth-order valence-electron chi connectivity index (χ4n) is 4.56. The minimum Gasteiger partial charge on any atom is -0.449 e. The minimum atomic E-state index is -4.47. The molecule has 12 heteroatoms. The molecule has 0 radical (unpaired) electrons. The van der Waals surface area contributed by atoms with Crippen LogP contribution >= 0.6 is 0 Å². The molecule has 0 unspecified atom stereocenters. The van der Waals surface area contributed by atoms with E-state index in [0.717, 1.165) is 4.31 Å². The number of carbonyl (C=O) groups excluding carboxylic acids is 2. The van der Waals surface area contributed by atoms with Crippen molar-refractivity contribution in [2.45, 2.75) is 69.3 Å². The van der Waals surface area contributed by atoms with Crippen molar-refractivity contribution < 1.29 is 27.5 Å². The third kappa shape index (κ3) is 6.03. The normalized spacial score (nSPS) is 21.1. The van der Waals surface area contributed by atoms with Gasteiger partial charge in [0, 0.05) is 31.0 Å². The van der Waals surface area contributed by atoms with E-state index in [1.165, 1.54) is 24.4 Å². The molecule has 4 atom stereocenters. The lowest BCUT2D eigenvalue weighted by atomic mass is 10.0. The number of pyridine rings is 2. The molecule has 0 aliphatic carbocycles. The van der Waals surface area contributed by atoms with Crippen LogP contribution in [0.5, 0.6) is 0 Å². The van der Waals surface area contributed by atoms with E-state index >= 15 is 0 Å². The van der Waals surface area contributed by atoms with E-state index in [0.29, 0.717) is 17.5 Å². The molecule has 0 spiro atoms. The summed E-state index contributed by atoms with van der Waals surface area (Å²) < 4.78 is 34.0. The molecule has 2 amide bonds. The fraction of sp³-hybridized carbons (Fsp3) is 0.462. The van der Waals surface area contributed by atoms with Crippen LogP contribution in [0.4, 0.5) is 0 Å². The highest BCUT2D eigenvalue weighted by Crippen LogP contribution is 2.26. The number of aromatic nitrogens is 2. The molecule has 0 bridgehead atoms. The van der Waals surface area contributed by atoms with Crippen LogP contribution in [0.15, 0.2) is 58.2 Å². The summed E-state index contributed by atoms with van der Waals surface area (Å²) in [7, 11) is -4.47. The van der Waals surface area contributed by atoms with Gasteiger partial charge in [0.25, 0.3) is 21.8 Å². The van der Waals surface area contributed by atoms with E-state index in [1.54, 1.807) is 24.4 Å². The van der Waals surface area contributed by atoms with E-state index < -0.39 is 40.0 Å². The first-order valence-corrected chi connectivity index (χ1v) is 14.1. The maximum Gasteiger partial charge on any atom is 0.287 e. The number of furan rings is 1. The van der Waals surface area contributed by atoms with Crippen LogP contribution in [0.1, 0.15) is 50.6 Å². The number of β-amino-alcohol motifs (C(OH)–C–C–N with tert-alkyl or cyclic N) is 1. The number of nitrogens with zero attached hydrogens (tertiary/aromatic N) is 3. The van der Waals surface area contributed by atoms with Gasteiger partial charge in [0.2, 0.25) is 0 Å².